The molecule has 3 rings (SSSR count). The fourth-order valence-corrected chi connectivity index (χ4v) is 3.51. The van der Waals surface area contributed by atoms with Crippen molar-refractivity contribution < 1.29 is 19.3 Å². The summed E-state index contributed by atoms with van der Waals surface area (Å²) in [6.07, 6.45) is 1.26. The molecule has 0 spiro atoms. The van der Waals surface area contributed by atoms with Crippen LogP contribution < -0.4 is 14.5 Å². The van der Waals surface area contributed by atoms with Crippen LogP contribution >= 0.6 is 11.3 Å². The smallest absolute Gasteiger partial charge is 0.253 e. The van der Waals surface area contributed by atoms with E-state index in [1.165, 1.54) is 11.3 Å². The summed E-state index contributed by atoms with van der Waals surface area (Å²) in [5.74, 6) is 0.735. The molecule has 122 valence electrons. The molecule has 5 nitrogen and oxygen atoms in total. The lowest BCUT2D eigenvalue weighted by Gasteiger charge is -2.36. The van der Waals surface area contributed by atoms with Crippen molar-refractivity contribution >= 4 is 17.1 Å². The average Bonchev–Trinajstić information content (AvgIpc) is 2.90. The predicted octanol–water partition coefficient (Wildman–Crippen LogP) is 1.78. The highest BCUT2D eigenvalue weighted by atomic mass is 32.1. The van der Waals surface area contributed by atoms with Gasteiger partial charge in [-0.15, -0.1) is 5.75 Å². The molecule has 0 aliphatic carbocycles. The number of aromatic nitrogens is 2. The topological polar surface area (TPSA) is 66.1 Å². The zero-order valence-electron chi connectivity index (χ0n) is 13.8. The number of rotatable bonds is 3. The maximum atomic E-state index is 12.7. The molecule has 6 heteroatoms. The molecule has 1 aromatic heterocycles. The van der Waals surface area contributed by atoms with Crippen LogP contribution in [0.3, 0.4) is 0 Å². The Morgan fingerprint density at radius 3 is 2.87 bits per heavy atom. The van der Waals surface area contributed by atoms with Crippen LogP contribution in [-0.2, 0) is 17.8 Å². The fourth-order valence-electron chi connectivity index (χ4n) is 2.96. The van der Waals surface area contributed by atoms with E-state index in [0.29, 0.717) is 18.6 Å². The third kappa shape index (κ3) is 2.83. The number of hydrogen-bond donors (Lipinski definition) is 0. The SMILES string of the molecule is Cc1n[n+](CC(=O)C2(C)CCc3c(C)c([O-])cc(C)c3O2)cs1. The van der Waals surface area contributed by atoms with Crippen molar-refractivity contribution in [2.24, 2.45) is 0 Å². The van der Waals surface area contributed by atoms with E-state index >= 15 is 0 Å². The Bertz CT molecular complexity index is 784. The van der Waals surface area contributed by atoms with Crippen LogP contribution in [0.25, 0.3) is 0 Å². The monoisotopic (exact) mass is 332 g/mol. The molecule has 1 aromatic carbocycles. The Labute approximate surface area is 139 Å². The zero-order valence-corrected chi connectivity index (χ0v) is 14.6. The highest BCUT2D eigenvalue weighted by Crippen LogP contribution is 2.40. The second kappa shape index (κ2) is 5.60. The van der Waals surface area contributed by atoms with E-state index in [1.54, 1.807) is 10.7 Å². The molecule has 2 aromatic rings. The predicted molar refractivity (Wildman–Crippen MR) is 84.8 cm³/mol. The minimum Gasteiger partial charge on any atom is -0.872 e. The van der Waals surface area contributed by atoms with Gasteiger partial charge in [-0.25, -0.2) is 0 Å². The Hall–Kier alpha value is -1.95. The number of carbonyl (C=O) groups excluding carboxylic acids is 1. The molecule has 1 aliphatic heterocycles. The normalized spacial score (nSPS) is 20.0. The lowest BCUT2D eigenvalue weighted by molar-refractivity contribution is -0.737. The summed E-state index contributed by atoms with van der Waals surface area (Å²) >= 11 is 1.51. The zero-order chi connectivity index (χ0) is 16.8. The minimum atomic E-state index is -0.876. The number of carbonyl (C=O) groups is 1. The largest absolute Gasteiger partial charge is 0.872 e. The molecule has 0 amide bonds. The molecule has 23 heavy (non-hydrogen) atoms. The Balaban J connectivity index is 1.87. The molecule has 1 aliphatic rings. The van der Waals surface area contributed by atoms with Crippen LogP contribution in [0.5, 0.6) is 11.5 Å². The standard InChI is InChI=1S/C17H20N2O3S/c1-10-7-14(20)11(2)13-5-6-17(4,22-16(10)13)15(21)8-19-9-23-12(3)18-19/h7,9H,5-6,8H2,1-4H3. The van der Waals surface area contributed by atoms with Gasteiger partial charge in [0, 0.05) is 5.10 Å². The Morgan fingerprint density at radius 2 is 2.22 bits per heavy atom. The number of benzene rings is 1. The summed E-state index contributed by atoms with van der Waals surface area (Å²) < 4.78 is 7.76. The van der Waals surface area contributed by atoms with Crippen LogP contribution in [0, 0.1) is 20.8 Å². The Kier molecular flexibility index (Phi) is 3.88. The molecular weight excluding hydrogens is 312 g/mol. The van der Waals surface area contributed by atoms with Gasteiger partial charge in [0.25, 0.3) is 5.51 Å². The first-order chi connectivity index (χ1) is 10.8. The van der Waals surface area contributed by atoms with Gasteiger partial charge < -0.3 is 9.84 Å². The lowest BCUT2D eigenvalue weighted by atomic mass is 9.86. The summed E-state index contributed by atoms with van der Waals surface area (Å²) in [4.78, 5) is 12.7. The Morgan fingerprint density at radius 1 is 1.48 bits per heavy atom. The first kappa shape index (κ1) is 15.9. The second-order valence-electron chi connectivity index (χ2n) is 6.32. The highest BCUT2D eigenvalue weighted by Gasteiger charge is 2.41. The van der Waals surface area contributed by atoms with Gasteiger partial charge in [0.15, 0.2) is 10.6 Å². The van der Waals surface area contributed by atoms with Crippen molar-refractivity contribution in [3.05, 3.63) is 33.3 Å². The summed E-state index contributed by atoms with van der Waals surface area (Å²) in [6, 6.07) is 1.59. The van der Waals surface area contributed by atoms with Crippen LogP contribution in [-0.4, -0.2) is 16.5 Å². The first-order valence-electron chi connectivity index (χ1n) is 7.64. The van der Waals surface area contributed by atoms with Crippen LogP contribution in [0.15, 0.2) is 11.6 Å². The number of hydrogen-bond acceptors (Lipinski definition) is 5. The maximum absolute atomic E-state index is 12.7. The van der Waals surface area contributed by atoms with Crippen molar-refractivity contribution in [2.75, 3.05) is 0 Å². The van der Waals surface area contributed by atoms with E-state index in [0.717, 1.165) is 21.7 Å². The van der Waals surface area contributed by atoms with Crippen molar-refractivity contribution in [3.8, 4) is 11.5 Å². The molecular formula is C17H20N2O3S. The molecule has 1 atom stereocenters. The number of aryl methyl sites for hydroxylation is 2. The summed E-state index contributed by atoms with van der Waals surface area (Å²) in [6.45, 7) is 7.62. The summed E-state index contributed by atoms with van der Waals surface area (Å²) in [7, 11) is 0. The molecule has 0 saturated heterocycles. The van der Waals surface area contributed by atoms with Gasteiger partial charge in [-0.2, -0.15) is 0 Å². The first-order valence-corrected chi connectivity index (χ1v) is 8.52. The fraction of sp³-hybridized carbons (Fsp3) is 0.471. The van der Waals surface area contributed by atoms with E-state index in [-0.39, 0.29) is 18.1 Å². The van der Waals surface area contributed by atoms with E-state index in [4.69, 9.17) is 4.74 Å². The average molecular weight is 332 g/mol. The van der Waals surface area contributed by atoms with Crippen LogP contribution in [0.1, 0.15) is 35.0 Å². The van der Waals surface area contributed by atoms with Crippen LogP contribution in [0.4, 0.5) is 0 Å². The van der Waals surface area contributed by atoms with Gasteiger partial charge in [-0.3, -0.25) is 4.79 Å². The second-order valence-corrected chi connectivity index (χ2v) is 7.36. The maximum Gasteiger partial charge on any atom is 0.253 e. The van der Waals surface area contributed by atoms with Gasteiger partial charge in [0.2, 0.25) is 12.3 Å². The molecule has 0 bridgehead atoms. The minimum absolute atomic E-state index is 0.00158. The number of ether oxygens (including phenoxy) is 1. The number of fused-ring (bicyclic) bond motifs is 1. The van der Waals surface area contributed by atoms with E-state index < -0.39 is 5.60 Å². The molecule has 0 saturated carbocycles. The van der Waals surface area contributed by atoms with Crippen molar-refractivity contribution in [1.82, 2.24) is 5.10 Å². The molecule has 2 heterocycles. The number of ketones is 1. The van der Waals surface area contributed by atoms with Gasteiger partial charge >= 0.3 is 0 Å². The number of nitrogens with zero attached hydrogens (tertiary/aromatic N) is 2. The van der Waals surface area contributed by atoms with Crippen molar-refractivity contribution in [3.63, 3.8) is 0 Å². The van der Waals surface area contributed by atoms with Crippen molar-refractivity contribution in [1.29, 1.82) is 0 Å². The summed E-state index contributed by atoms with van der Waals surface area (Å²) in [5.41, 5.74) is 3.43. The quantitative estimate of drug-likeness (QED) is 0.804. The molecule has 0 N–H and O–H groups in total. The van der Waals surface area contributed by atoms with Crippen molar-refractivity contribution in [2.45, 2.75) is 52.7 Å². The van der Waals surface area contributed by atoms with Crippen LogP contribution in [0.2, 0.25) is 0 Å². The van der Waals surface area contributed by atoms with E-state index in [9.17, 15) is 9.90 Å². The third-order valence-corrected chi connectivity index (χ3v) is 5.26. The van der Waals surface area contributed by atoms with E-state index in [1.807, 2.05) is 33.2 Å². The summed E-state index contributed by atoms with van der Waals surface area (Å²) in [5, 5.41) is 17.1. The van der Waals surface area contributed by atoms with Gasteiger partial charge in [-0.05, 0) is 51.7 Å². The van der Waals surface area contributed by atoms with Gasteiger partial charge in [0.05, 0.1) is 0 Å². The number of Topliss-reactive ketones (excluding diaryl/α,β-unsaturated/α-hetero) is 1. The van der Waals surface area contributed by atoms with Gasteiger partial charge in [-0.1, -0.05) is 27.6 Å². The van der Waals surface area contributed by atoms with E-state index in [2.05, 4.69) is 5.10 Å². The molecule has 0 fully saturated rings. The highest BCUT2D eigenvalue weighted by molar-refractivity contribution is 7.08. The molecule has 1 unspecified atom stereocenters. The lowest BCUT2D eigenvalue weighted by Crippen LogP contribution is -2.52. The molecule has 0 radical (unpaired) electrons. The third-order valence-electron chi connectivity index (χ3n) is 4.49. The van der Waals surface area contributed by atoms with Gasteiger partial charge in [0.1, 0.15) is 5.75 Å².